The van der Waals surface area contributed by atoms with Gasteiger partial charge in [-0.25, -0.2) is 0 Å². The van der Waals surface area contributed by atoms with Crippen molar-refractivity contribution in [1.29, 1.82) is 0 Å². The summed E-state index contributed by atoms with van der Waals surface area (Å²) in [5, 5.41) is 10.1. The molecule has 1 N–H and O–H groups in total. The Morgan fingerprint density at radius 2 is 1.88 bits per heavy atom. The molecule has 0 aliphatic carbocycles. The molecule has 1 saturated heterocycles. The predicted molar refractivity (Wildman–Crippen MR) is 66.3 cm³/mol. The molecule has 1 aliphatic heterocycles. The minimum atomic E-state index is -0.403. The fourth-order valence-electron chi connectivity index (χ4n) is 2.47. The number of nitrogens with zero attached hydrogens (tertiary/aromatic N) is 1. The maximum atomic E-state index is 10.1. The van der Waals surface area contributed by atoms with E-state index in [1.807, 2.05) is 0 Å². The molecule has 0 atom stereocenters. The largest absolute Gasteiger partial charge is 0.387 e. The molecule has 16 heavy (non-hydrogen) atoms. The van der Waals surface area contributed by atoms with Crippen molar-refractivity contribution in [2.45, 2.75) is 38.8 Å². The van der Waals surface area contributed by atoms with Crippen LogP contribution in [0.15, 0.2) is 24.3 Å². The molecule has 2 heteroatoms. The van der Waals surface area contributed by atoms with Crippen LogP contribution in [0, 0.1) is 6.92 Å². The van der Waals surface area contributed by atoms with E-state index in [2.05, 4.69) is 43.0 Å². The van der Waals surface area contributed by atoms with Gasteiger partial charge in [-0.15, -0.1) is 0 Å². The number of rotatable bonds is 4. The number of likely N-dealkylation sites (tertiary alicyclic amines) is 1. The van der Waals surface area contributed by atoms with Crippen LogP contribution in [0.3, 0.4) is 0 Å². The van der Waals surface area contributed by atoms with Crippen molar-refractivity contribution in [3.63, 3.8) is 0 Å². The Bertz CT molecular complexity index is 338. The summed E-state index contributed by atoms with van der Waals surface area (Å²) in [5.74, 6) is 0. The average molecular weight is 219 g/mol. The summed E-state index contributed by atoms with van der Waals surface area (Å²) in [6, 6.07) is 8.64. The van der Waals surface area contributed by atoms with E-state index in [1.165, 1.54) is 11.1 Å². The monoisotopic (exact) mass is 219 g/mol. The first kappa shape index (κ1) is 11.6. The summed E-state index contributed by atoms with van der Waals surface area (Å²) in [6.45, 7) is 6.85. The molecule has 0 radical (unpaired) electrons. The van der Waals surface area contributed by atoms with E-state index >= 15 is 0 Å². The highest BCUT2D eigenvalue weighted by molar-refractivity contribution is 5.21. The molecule has 0 spiro atoms. The molecule has 88 valence electrons. The fraction of sp³-hybridized carbons (Fsp3) is 0.571. The Kier molecular flexibility index (Phi) is 3.31. The zero-order chi connectivity index (χ0) is 11.6. The van der Waals surface area contributed by atoms with E-state index in [4.69, 9.17) is 0 Å². The van der Waals surface area contributed by atoms with E-state index in [1.54, 1.807) is 0 Å². The van der Waals surface area contributed by atoms with Crippen molar-refractivity contribution in [3.8, 4) is 0 Å². The molecular formula is C14H21NO. The molecule has 2 nitrogen and oxygen atoms in total. The first-order chi connectivity index (χ1) is 7.61. The molecule has 1 heterocycles. The second-order valence-corrected chi connectivity index (χ2v) is 5.11. The number of benzene rings is 1. The second kappa shape index (κ2) is 4.56. The first-order valence-corrected chi connectivity index (χ1v) is 6.11. The molecule has 2 rings (SSSR count). The van der Waals surface area contributed by atoms with Crippen LogP contribution >= 0.6 is 0 Å². The number of hydrogen-bond acceptors (Lipinski definition) is 2. The predicted octanol–water partition coefficient (Wildman–Crippen LogP) is 2.34. The van der Waals surface area contributed by atoms with Gasteiger partial charge in [0, 0.05) is 19.6 Å². The Labute approximate surface area is 97.9 Å². The van der Waals surface area contributed by atoms with Gasteiger partial charge < -0.3 is 5.11 Å². The summed E-state index contributed by atoms with van der Waals surface area (Å²) in [6.07, 6.45) is 1.99. The molecule has 0 bridgehead atoms. The molecule has 0 unspecified atom stereocenters. The highest BCUT2D eigenvalue weighted by Crippen LogP contribution is 2.27. The number of aryl methyl sites for hydroxylation is 1. The van der Waals surface area contributed by atoms with Gasteiger partial charge in [-0.05, 0) is 18.9 Å². The van der Waals surface area contributed by atoms with E-state index < -0.39 is 5.60 Å². The van der Waals surface area contributed by atoms with Gasteiger partial charge in [0.15, 0.2) is 0 Å². The van der Waals surface area contributed by atoms with E-state index in [-0.39, 0.29) is 0 Å². The Hall–Kier alpha value is -0.860. The lowest BCUT2D eigenvalue weighted by Gasteiger charge is -2.46. The molecule has 0 aromatic heterocycles. The van der Waals surface area contributed by atoms with Crippen LogP contribution in [-0.2, 0) is 6.54 Å². The van der Waals surface area contributed by atoms with Crippen LogP contribution in [0.1, 0.15) is 30.9 Å². The molecular weight excluding hydrogens is 198 g/mol. The summed E-state index contributed by atoms with van der Waals surface area (Å²) in [4.78, 5) is 2.31. The number of aliphatic hydroxyl groups is 1. The summed E-state index contributed by atoms with van der Waals surface area (Å²) in [7, 11) is 0. The van der Waals surface area contributed by atoms with Gasteiger partial charge in [0.25, 0.3) is 0 Å². The number of hydrogen-bond donors (Lipinski definition) is 1. The zero-order valence-corrected chi connectivity index (χ0v) is 10.2. The quantitative estimate of drug-likeness (QED) is 0.840. The topological polar surface area (TPSA) is 23.5 Å². The molecule has 1 aliphatic rings. The average Bonchev–Trinajstić information content (AvgIpc) is 2.19. The maximum absolute atomic E-state index is 10.1. The van der Waals surface area contributed by atoms with E-state index in [0.717, 1.165) is 32.5 Å². The lowest BCUT2D eigenvalue weighted by atomic mass is 9.89. The zero-order valence-electron chi connectivity index (χ0n) is 10.2. The Balaban J connectivity index is 1.83. The highest BCUT2D eigenvalue weighted by Gasteiger charge is 2.39. The van der Waals surface area contributed by atoms with Crippen LogP contribution in [0.25, 0.3) is 0 Å². The summed E-state index contributed by atoms with van der Waals surface area (Å²) < 4.78 is 0. The molecule has 0 amide bonds. The van der Waals surface area contributed by atoms with Crippen LogP contribution < -0.4 is 0 Å². The van der Waals surface area contributed by atoms with E-state index in [9.17, 15) is 5.11 Å². The van der Waals surface area contributed by atoms with Crippen molar-refractivity contribution in [2.24, 2.45) is 0 Å². The minimum absolute atomic E-state index is 0.403. The number of β-amino-alcohol motifs (C(OH)–C–C–N with tert-alkyl or cyclic N) is 1. The summed E-state index contributed by atoms with van der Waals surface area (Å²) >= 11 is 0. The van der Waals surface area contributed by atoms with Crippen molar-refractivity contribution in [1.82, 2.24) is 4.90 Å². The third-order valence-corrected chi connectivity index (χ3v) is 3.28. The van der Waals surface area contributed by atoms with Crippen molar-refractivity contribution < 1.29 is 5.11 Å². The van der Waals surface area contributed by atoms with Gasteiger partial charge in [-0.1, -0.05) is 43.2 Å². The van der Waals surface area contributed by atoms with Crippen LogP contribution in [0.4, 0.5) is 0 Å². The standard InChI is InChI=1S/C14H21NO/c1-3-8-14(16)10-15(11-14)9-13-6-4-12(2)5-7-13/h4-7,16H,3,8-11H2,1-2H3. The fourth-order valence-corrected chi connectivity index (χ4v) is 2.47. The maximum Gasteiger partial charge on any atom is 0.0900 e. The van der Waals surface area contributed by atoms with Crippen molar-refractivity contribution in [2.75, 3.05) is 13.1 Å². The van der Waals surface area contributed by atoms with Gasteiger partial charge in [-0.2, -0.15) is 0 Å². The SMILES string of the molecule is CCCC1(O)CN(Cc2ccc(C)cc2)C1. The van der Waals surface area contributed by atoms with E-state index in [0.29, 0.717) is 0 Å². The van der Waals surface area contributed by atoms with Gasteiger partial charge in [0.1, 0.15) is 0 Å². The van der Waals surface area contributed by atoms with Crippen LogP contribution in [0.5, 0.6) is 0 Å². The minimum Gasteiger partial charge on any atom is -0.387 e. The molecule has 1 aromatic carbocycles. The lowest BCUT2D eigenvalue weighted by molar-refractivity contribution is -0.106. The van der Waals surface area contributed by atoms with Crippen LogP contribution in [-0.4, -0.2) is 28.7 Å². The first-order valence-electron chi connectivity index (χ1n) is 6.11. The Morgan fingerprint density at radius 1 is 1.25 bits per heavy atom. The summed E-state index contributed by atoms with van der Waals surface area (Å²) in [5.41, 5.74) is 2.23. The normalized spacial score (nSPS) is 19.4. The molecule has 1 fully saturated rings. The van der Waals surface area contributed by atoms with Crippen molar-refractivity contribution >= 4 is 0 Å². The van der Waals surface area contributed by atoms with Crippen molar-refractivity contribution in [3.05, 3.63) is 35.4 Å². The van der Waals surface area contributed by atoms with Gasteiger partial charge >= 0.3 is 0 Å². The third kappa shape index (κ3) is 2.63. The molecule has 0 saturated carbocycles. The third-order valence-electron chi connectivity index (χ3n) is 3.28. The lowest BCUT2D eigenvalue weighted by Crippen LogP contribution is -2.60. The molecule has 1 aromatic rings. The van der Waals surface area contributed by atoms with Gasteiger partial charge in [0.05, 0.1) is 5.60 Å². The smallest absolute Gasteiger partial charge is 0.0900 e. The van der Waals surface area contributed by atoms with Gasteiger partial charge in [0.2, 0.25) is 0 Å². The second-order valence-electron chi connectivity index (χ2n) is 5.11. The highest BCUT2D eigenvalue weighted by atomic mass is 16.3. The Morgan fingerprint density at radius 3 is 2.44 bits per heavy atom. The van der Waals surface area contributed by atoms with Crippen LogP contribution in [0.2, 0.25) is 0 Å². The van der Waals surface area contributed by atoms with Gasteiger partial charge in [-0.3, -0.25) is 4.90 Å².